The molecule has 1 N–H and O–H groups in total. The quantitative estimate of drug-likeness (QED) is 0.674. The summed E-state index contributed by atoms with van der Waals surface area (Å²) in [7, 11) is 0. The van der Waals surface area contributed by atoms with Crippen molar-refractivity contribution in [3.63, 3.8) is 0 Å². The molecule has 0 atom stereocenters. The number of hydrogen-bond donors (Lipinski definition) is 1. The van der Waals surface area contributed by atoms with Gasteiger partial charge in [-0.2, -0.15) is 0 Å². The van der Waals surface area contributed by atoms with Gasteiger partial charge in [0.25, 0.3) is 0 Å². The SMILES string of the molecule is C=C(C)CCNC1(C)CCOCC1. The van der Waals surface area contributed by atoms with E-state index >= 15 is 0 Å². The van der Waals surface area contributed by atoms with E-state index in [-0.39, 0.29) is 0 Å². The molecule has 0 amide bonds. The third kappa shape index (κ3) is 3.92. The topological polar surface area (TPSA) is 21.3 Å². The molecule has 0 unspecified atom stereocenters. The first-order valence-corrected chi connectivity index (χ1v) is 5.10. The molecule has 2 nitrogen and oxygen atoms in total. The van der Waals surface area contributed by atoms with Gasteiger partial charge in [0.05, 0.1) is 0 Å². The van der Waals surface area contributed by atoms with E-state index in [1.807, 2.05) is 0 Å². The van der Waals surface area contributed by atoms with Gasteiger partial charge in [-0.15, -0.1) is 6.58 Å². The average molecular weight is 183 g/mol. The highest BCUT2D eigenvalue weighted by Gasteiger charge is 2.25. The van der Waals surface area contributed by atoms with Crippen LogP contribution in [0.15, 0.2) is 12.2 Å². The van der Waals surface area contributed by atoms with Crippen molar-refractivity contribution in [1.82, 2.24) is 5.32 Å². The number of ether oxygens (including phenoxy) is 1. The monoisotopic (exact) mass is 183 g/mol. The number of rotatable bonds is 4. The van der Waals surface area contributed by atoms with Gasteiger partial charge in [-0.3, -0.25) is 0 Å². The van der Waals surface area contributed by atoms with Gasteiger partial charge >= 0.3 is 0 Å². The molecule has 0 saturated carbocycles. The largest absolute Gasteiger partial charge is 0.381 e. The van der Waals surface area contributed by atoms with E-state index in [1.54, 1.807) is 0 Å². The Bertz CT molecular complexity index is 171. The third-order valence-electron chi connectivity index (χ3n) is 2.70. The highest BCUT2D eigenvalue weighted by atomic mass is 16.5. The van der Waals surface area contributed by atoms with E-state index in [0.717, 1.165) is 39.0 Å². The lowest BCUT2D eigenvalue weighted by molar-refractivity contribution is 0.0456. The molecular formula is C11H21NO. The zero-order chi connectivity index (χ0) is 9.73. The Morgan fingerprint density at radius 1 is 1.46 bits per heavy atom. The second kappa shape index (κ2) is 4.77. The Morgan fingerprint density at radius 3 is 2.62 bits per heavy atom. The molecule has 0 aromatic heterocycles. The minimum Gasteiger partial charge on any atom is -0.381 e. The summed E-state index contributed by atoms with van der Waals surface area (Å²) in [6.45, 7) is 11.1. The van der Waals surface area contributed by atoms with Crippen LogP contribution in [0.1, 0.15) is 33.1 Å². The van der Waals surface area contributed by atoms with Gasteiger partial charge in [0, 0.05) is 18.8 Å². The standard InChI is InChI=1S/C11H21NO/c1-10(2)4-7-12-11(3)5-8-13-9-6-11/h12H,1,4-9H2,2-3H3. The summed E-state index contributed by atoms with van der Waals surface area (Å²) in [6, 6.07) is 0. The highest BCUT2D eigenvalue weighted by Crippen LogP contribution is 2.19. The van der Waals surface area contributed by atoms with Crippen molar-refractivity contribution in [2.45, 2.75) is 38.6 Å². The number of hydrogen-bond acceptors (Lipinski definition) is 2. The summed E-state index contributed by atoms with van der Waals surface area (Å²) in [5.74, 6) is 0. The molecule has 0 spiro atoms. The second-order valence-corrected chi connectivity index (χ2v) is 4.31. The Balaban J connectivity index is 2.21. The van der Waals surface area contributed by atoms with Crippen LogP contribution in [0.2, 0.25) is 0 Å². The summed E-state index contributed by atoms with van der Waals surface area (Å²) in [5, 5.41) is 3.59. The smallest absolute Gasteiger partial charge is 0.0483 e. The molecule has 0 aliphatic carbocycles. The first-order valence-electron chi connectivity index (χ1n) is 5.10. The Morgan fingerprint density at radius 2 is 2.08 bits per heavy atom. The first kappa shape index (κ1) is 10.7. The normalized spacial score (nSPS) is 21.4. The molecule has 1 aliphatic heterocycles. The van der Waals surface area contributed by atoms with Gasteiger partial charge in [0.1, 0.15) is 0 Å². The number of nitrogens with one attached hydrogen (secondary N) is 1. The molecule has 1 aliphatic rings. The van der Waals surface area contributed by atoms with Crippen molar-refractivity contribution in [2.75, 3.05) is 19.8 Å². The lowest BCUT2D eigenvalue weighted by Gasteiger charge is -2.34. The van der Waals surface area contributed by atoms with Crippen LogP contribution in [0.25, 0.3) is 0 Å². The molecule has 0 aromatic rings. The zero-order valence-electron chi connectivity index (χ0n) is 8.86. The van der Waals surface area contributed by atoms with Gasteiger partial charge in [-0.05, 0) is 39.7 Å². The van der Waals surface area contributed by atoms with Crippen molar-refractivity contribution >= 4 is 0 Å². The summed E-state index contributed by atoms with van der Waals surface area (Å²) in [6.07, 6.45) is 3.34. The van der Waals surface area contributed by atoms with E-state index < -0.39 is 0 Å². The third-order valence-corrected chi connectivity index (χ3v) is 2.70. The van der Waals surface area contributed by atoms with Crippen LogP contribution in [0, 0.1) is 0 Å². The zero-order valence-corrected chi connectivity index (χ0v) is 8.86. The van der Waals surface area contributed by atoms with E-state index in [9.17, 15) is 0 Å². The fourth-order valence-corrected chi connectivity index (χ4v) is 1.58. The fraction of sp³-hybridized carbons (Fsp3) is 0.818. The minimum atomic E-state index is 0.299. The molecular weight excluding hydrogens is 162 g/mol. The second-order valence-electron chi connectivity index (χ2n) is 4.31. The molecule has 0 aromatic carbocycles. The maximum absolute atomic E-state index is 5.33. The molecule has 1 rings (SSSR count). The summed E-state index contributed by atoms with van der Waals surface area (Å²) < 4.78 is 5.33. The van der Waals surface area contributed by atoms with E-state index in [2.05, 4.69) is 25.7 Å². The van der Waals surface area contributed by atoms with Crippen molar-refractivity contribution in [3.8, 4) is 0 Å². The van der Waals surface area contributed by atoms with Crippen LogP contribution >= 0.6 is 0 Å². The molecule has 76 valence electrons. The Hall–Kier alpha value is -0.340. The molecule has 1 heterocycles. The molecule has 1 saturated heterocycles. The van der Waals surface area contributed by atoms with Crippen LogP contribution in [0.4, 0.5) is 0 Å². The van der Waals surface area contributed by atoms with Crippen LogP contribution in [0.5, 0.6) is 0 Å². The first-order chi connectivity index (χ1) is 6.12. The van der Waals surface area contributed by atoms with Crippen LogP contribution < -0.4 is 5.32 Å². The average Bonchev–Trinajstić information content (AvgIpc) is 2.04. The van der Waals surface area contributed by atoms with Gasteiger partial charge in [-0.25, -0.2) is 0 Å². The van der Waals surface area contributed by atoms with Gasteiger partial charge in [0.2, 0.25) is 0 Å². The molecule has 0 radical (unpaired) electrons. The Kier molecular flexibility index (Phi) is 3.94. The summed E-state index contributed by atoms with van der Waals surface area (Å²) in [5.41, 5.74) is 1.55. The maximum atomic E-state index is 5.33. The summed E-state index contributed by atoms with van der Waals surface area (Å²) >= 11 is 0. The van der Waals surface area contributed by atoms with Gasteiger partial charge in [0.15, 0.2) is 0 Å². The van der Waals surface area contributed by atoms with Gasteiger partial charge < -0.3 is 10.1 Å². The highest BCUT2D eigenvalue weighted by molar-refractivity contribution is 4.91. The van der Waals surface area contributed by atoms with Crippen molar-refractivity contribution in [2.24, 2.45) is 0 Å². The molecule has 2 heteroatoms. The molecule has 0 bridgehead atoms. The maximum Gasteiger partial charge on any atom is 0.0483 e. The van der Waals surface area contributed by atoms with Crippen LogP contribution in [0.3, 0.4) is 0 Å². The van der Waals surface area contributed by atoms with Crippen molar-refractivity contribution in [1.29, 1.82) is 0 Å². The van der Waals surface area contributed by atoms with E-state index in [1.165, 1.54) is 5.57 Å². The summed E-state index contributed by atoms with van der Waals surface area (Å²) in [4.78, 5) is 0. The van der Waals surface area contributed by atoms with E-state index in [4.69, 9.17) is 4.74 Å². The Labute approximate surface area is 81.4 Å². The van der Waals surface area contributed by atoms with Crippen LogP contribution in [-0.2, 0) is 4.74 Å². The predicted octanol–water partition coefficient (Wildman–Crippen LogP) is 2.11. The van der Waals surface area contributed by atoms with Gasteiger partial charge in [-0.1, -0.05) is 5.57 Å². The minimum absolute atomic E-state index is 0.299. The molecule has 1 fully saturated rings. The predicted molar refractivity (Wildman–Crippen MR) is 55.9 cm³/mol. The lowest BCUT2D eigenvalue weighted by Crippen LogP contribution is -2.47. The van der Waals surface area contributed by atoms with Crippen molar-refractivity contribution in [3.05, 3.63) is 12.2 Å². The molecule has 13 heavy (non-hydrogen) atoms. The van der Waals surface area contributed by atoms with Crippen molar-refractivity contribution < 1.29 is 4.74 Å². The lowest BCUT2D eigenvalue weighted by atomic mass is 9.92. The van der Waals surface area contributed by atoms with E-state index in [0.29, 0.717) is 5.54 Å². The van der Waals surface area contributed by atoms with Crippen LogP contribution in [-0.4, -0.2) is 25.3 Å². The fourth-order valence-electron chi connectivity index (χ4n) is 1.58.